The number of nitro groups is 1. The van der Waals surface area contributed by atoms with Crippen LogP contribution in [0.2, 0.25) is 0 Å². The second kappa shape index (κ2) is 9.47. The SMILES string of the molecule is CC(C)COC(=O)c1ccccc1C(=O)OCCc1ccccc1[N+](=O)[O-]. The van der Waals surface area contributed by atoms with Crippen molar-refractivity contribution in [3.63, 3.8) is 0 Å². The number of rotatable bonds is 8. The molecule has 0 aromatic heterocycles. The van der Waals surface area contributed by atoms with Gasteiger partial charge in [-0.15, -0.1) is 0 Å². The molecule has 0 fully saturated rings. The Kier molecular flexibility index (Phi) is 7.05. The van der Waals surface area contributed by atoms with Gasteiger partial charge in [-0.2, -0.15) is 0 Å². The highest BCUT2D eigenvalue weighted by atomic mass is 16.6. The highest BCUT2D eigenvalue weighted by molar-refractivity contribution is 6.03. The van der Waals surface area contributed by atoms with E-state index in [0.29, 0.717) is 5.56 Å². The first-order valence-corrected chi connectivity index (χ1v) is 8.55. The normalized spacial score (nSPS) is 10.5. The van der Waals surface area contributed by atoms with Gasteiger partial charge in [-0.05, 0) is 18.1 Å². The minimum Gasteiger partial charge on any atom is -0.462 e. The fourth-order valence-electron chi connectivity index (χ4n) is 2.39. The zero-order valence-corrected chi connectivity index (χ0v) is 15.2. The van der Waals surface area contributed by atoms with E-state index < -0.39 is 16.9 Å². The monoisotopic (exact) mass is 371 g/mol. The molecule has 142 valence electrons. The summed E-state index contributed by atoms with van der Waals surface area (Å²) in [7, 11) is 0. The van der Waals surface area contributed by atoms with Crippen LogP contribution in [0.15, 0.2) is 48.5 Å². The lowest BCUT2D eigenvalue weighted by Crippen LogP contribution is -2.16. The third-order valence-corrected chi connectivity index (χ3v) is 3.71. The fraction of sp³-hybridized carbons (Fsp3) is 0.300. The van der Waals surface area contributed by atoms with Gasteiger partial charge in [0.05, 0.1) is 29.3 Å². The Morgan fingerprint density at radius 1 is 0.963 bits per heavy atom. The molecule has 0 saturated heterocycles. The summed E-state index contributed by atoms with van der Waals surface area (Å²) in [6.07, 6.45) is 0.197. The summed E-state index contributed by atoms with van der Waals surface area (Å²) in [5, 5.41) is 11.0. The molecule has 0 aliphatic rings. The predicted octanol–water partition coefficient (Wildman–Crippen LogP) is 3.81. The smallest absolute Gasteiger partial charge is 0.339 e. The molecule has 0 radical (unpaired) electrons. The van der Waals surface area contributed by atoms with Gasteiger partial charge in [0, 0.05) is 18.1 Å². The first kappa shape index (κ1) is 20.1. The van der Waals surface area contributed by atoms with Crippen molar-refractivity contribution in [1.29, 1.82) is 0 Å². The summed E-state index contributed by atoms with van der Waals surface area (Å²) < 4.78 is 10.4. The van der Waals surface area contributed by atoms with Crippen molar-refractivity contribution in [3.8, 4) is 0 Å². The number of ether oxygens (including phenoxy) is 2. The average molecular weight is 371 g/mol. The zero-order chi connectivity index (χ0) is 19.8. The second-order valence-electron chi connectivity index (χ2n) is 6.31. The number of carbonyl (C=O) groups excluding carboxylic acids is 2. The van der Waals surface area contributed by atoms with Crippen LogP contribution >= 0.6 is 0 Å². The van der Waals surface area contributed by atoms with E-state index in [4.69, 9.17) is 9.47 Å². The Hall–Kier alpha value is -3.22. The van der Waals surface area contributed by atoms with Crippen molar-refractivity contribution in [1.82, 2.24) is 0 Å². The van der Waals surface area contributed by atoms with Crippen molar-refractivity contribution >= 4 is 17.6 Å². The maximum atomic E-state index is 12.4. The van der Waals surface area contributed by atoms with Gasteiger partial charge in [0.1, 0.15) is 0 Å². The van der Waals surface area contributed by atoms with Gasteiger partial charge < -0.3 is 9.47 Å². The number of hydrogen-bond acceptors (Lipinski definition) is 6. The van der Waals surface area contributed by atoms with Crippen molar-refractivity contribution < 1.29 is 24.0 Å². The Balaban J connectivity index is 2.03. The number of hydrogen-bond donors (Lipinski definition) is 0. The molecular formula is C20H21NO6. The molecule has 0 saturated carbocycles. The molecule has 0 N–H and O–H groups in total. The third-order valence-electron chi connectivity index (χ3n) is 3.71. The van der Waals surface area contributed by atoms with Crippen molar-refractivity contribution in [2.45, 2.75) is 20.3 Å². The molecule has 0 unspecified atom stereocenters. The van der Waals surface area contributed by atoms with Crippen molar-refractivity contribution in [2.24, 2.45) is 5.92 Å². The zero-order valence-electron chi connectivity index (χ0n) is 15.2. The average Bonchev–Trinajstić information content (AvgIpc) is 2.66. The summed E-state index contributed by atoms with van der Waals surface area (Å²) in [5.74, 6) is -1.09. The van der Waals surface area contributed by atoms with E-state index in [1.54, 1.807) is 30.3 Å². The molecule has 2 aromatic carbocycles. The minimum absolute atomic E-state index is 0.0220. The molecule has 0 spiro atoms. The molecule has 0 atom stereocenters. The van der Waals surface area contributed by atoms with Crippen LogP contribution in [0.1, 0.15) is 40.1 Å². The van der Waals surface area contributed by atoms with Crippen LogP contribution in [0.5, 0.6) is 0 Å². The summed E-state index contributed by atoms with van der Waals surface area (Å²) in [6.45, 7) is 4.03. The first-order chi connectivity index (χ1) is 12.9. The summed E-state index contributed by atoms with van der Waals surface area (Å²) in [6, 6.07) is 12.5. The molecule has 2 rings (SSSR count). The summed E-state index contributed by atoms with van der Waals surface area (Å²) in [4.78, 5) is 35.1. The van der Waals surface area contributed by atoms with E-state index in [2.05, 4.69) is 0 Å². The maximum absolute atomic E-state index is 12.4. The molecule has 7 nitrogen and oxygen atoms in total. The lowest BCUT2D eigenvalue weighted by atomic mass is 10.1. The number of nitro benzene ring substituents is 1. The highest BCUT2D eigenvalue weighted by Gasteiger charge is 2.20. The molecule has 0 aliphatic heterocycles. The Morgan fingerprint density at radius 3 is 2.11 bits per heavy atom. The van der Waals surface area contributed by atoms with E-state index in [1.165, 1.54) is 18.2 Å². The lowest BCUT2D eigenvalue weighted by Gasteiger charge is -2.11. The van der Waals surface area contributed by atoms with Crippen LogP contribution in [0.4, 0.5) is 5.69 Å². The van der Waals surface area contributed by atoms with E-state index in [-0.39, 0.29) is 42.4 Å². The van der Waals surface area contributed by atoms with Crippen LogP contribution < -0.4 is 0 Å². The highest BCUT2D eigenvalue weighted by Crippen LogP contribution is 2.18. The van der Waals surface area contributed by atoms with Gasteiger partial charge >= 0.3 is 11.9 Å². The number of benzene rings is 2. The van der Waals surface area contributed by atoms with Crippen molar-refractivity contribution in [2.75, 3.05) is 13.2 Å². The van der Waals surface area contributed by atoms with Crippen LogP contribution in [0, 0.1) is 16.0 Å². The molecule has 2 aromatic rings. The van der Waals surface area contributed by atoms with Crippen LogP contribution in [-0.2, 0) is 15.9 Å². The van der Waals surface area contributed by atoms with Crippen LogP contribution in [0.3, 0.4) is 0 Å². The quantitative estimate of drug-likeness (QED) is 0.398. The van der Waals surface area contributed by atoms with Crippen LogP contribution in [0.25, 0.3) is 0 Å². The maximum Gasteiger partial charge on any atom is 0.339 e. The lowest BCUT2D eigenvalue weighted by molar-refractivity contribution is -0.385. The van der Waals surface area contributed by atoms with Gasteiger partial charge in [0.2, 0.25) is 0 Å². The topological polar surface area (TPSA) is 95.7 Å². The van der Waals surface area contributed by atoms with E-state index >= 15 is 0 Å². The summed E-state index contributed by atoms with van der Waals surface area (Å²) in [5.41, 5.74) is 0.689. The molecule has 0 aliphatic carbocycles. The van der Waals surface area contributed by atoms with Gasteiger partial charge in [0.25, 0.3) is 5.69 Å². The molecule has 0 amide bonds. The largest absolute Gasteiger partial charge is 0.462 e. The molecule has 27 heavy (non-hydrogen) atoms. The molecule has 7 heteroatoms. The first-order valence-electron chi connectivity index (χ1n) is 8.55. The Morgan fingerprint density at radius 2 is 1.52 bits per heavy atom. The predicted molar refractivity (Wildman–Crippen MR) is 98.6 cm³/mol. The minimum atomic E-state index is -0.675. The van der Waals surface area contributed by atoms with E-state index in [1.807, 2.05) is 13.8 Å². The molecular weight excluding hydrogens is 350 g/mol. The van der Waals surface area contributed by atoms with E-state index in [9.17, 15) is 19.7 Å². The molecule has 0 heterocycles. The number of carbonyl (C=O) groups is 2. The van der Waals surface area contributed by atoms with Crippen LogP contribution in [-0.4, -0.2) is 30.1 Å². The standard InChI is InChI=1S/C20H21NO6/c1-14(2)13-27-20(23)17-9-5-4-8-16(17)19(22)26-12-11-15-7-3-6-10-18(15)21(24)25/h3-10,14H,11-13H2,1-2H3. The third kappa shape index (κ3) is 5.64. The second-order valence-corrected chi connectivity index (χ2v) is 6.31. The number of nitrogens with zero attached hydrogens (tertiary/aromatic N) is 1. The number of para-hydroxylation sites is 1. The van der Waals surface area contributed by atoms with Gasteiger partial charge in [0.15, 0.2) is 0 Å². The van der Waals surface area contributed by atoms with Gasteiger partial charge in [-0.25, -0.2) is 9.59 Å². The van der Waals surface area contributed by atoms with Gasteiger partial charge in [-0.3, -0.25) is 10.1 Å². The van der Waals surface area contributed by atoms with Crippen molar-refractivity contribution in [3.05, 3.63) is 75.3 Å². The fourth-order valence-corrected chi connectivity index (χ4v) is 2.39. The summed E-state index contributed by atoms with van der Waals surface area (Å²) >= 11 is 0. The van der Waals surface area contributed by atoms with E-state index in [0.717, 1.165) is 0 Å². The Labute approximate surface area is 157 Å². The molecule has 0 bridgehead atoms. The number of esters is 2. The Bertz CT molecular complexity index is 831. The van der Waals surface area contributed by atoms with Gasteiger partial charge in [-0.1, -0.05) is 44.2 Å².